The second-order valence-corrected chi connectivity index (χ2v) is 7.51. The zero-order valence-corrected chi connectivity index (χ0v) is 19.6. The number of aryl methyl sites for hydroxylation is 1. The van der Waals surface area contributed by atoms with Crippen molar-refractivity contribution >= 4 is 45.9 Å². The van der Waals surface area contributed by atoms with E-state index in [0.717, 1.165) is 61.3 Å². The number of likely N-dealkylation sites (tertiary alicyclic amines) is 1. The summed E-state index contributed by atoms with van der Waals surface area (Å²) in [5.41, 5.74) is 0.760. The molecule has 1 aliphatic heterocycles. The lowest BCUT2D eigenvalue weighted by Crippen LogP contribution is -2.48. The molecular formula is C19H31BrFIN4. The van der Waals surface area contributed by atoms with Crippen molar-refractivity contribution in [1.82, 2.24) is 15.5 Å². The van der Waals surface area contributed by atoms with Crippen LogP contribution in [-0.4, -0.2) is 50.1 Å². The second-order valence-electron chi connectivity index (χ2n) is 6.60. The summed E-state index contributed by atoms with van der Waals surface area (Å²) >= 11 is 3.29. The van der Waals surface area contributed by atoms with E-state index in [1.165, 1.54) is 19.0 Å². The standard InChI is InChI=1S/C19H30BrFN4.HI/c1-3-11-25-12-8-17(9-13-25)24-19(22-2)23-10-4-5-15-6-7-16(20)14-18(15)21;/h6-7,14,17H,3-5,8-13H2,1-2H3,(H2,22,23,24);1H. The number of guanidine groups is 1. The molecule has 1 heterocycles. The molecule has 0 bridgehead atoms. The topological polar surface area (TPSA) is 39.7 Å². The first-order valence-corrected chi connectivity index (χ1v) is 10.0. The summed E-state index contributed by atoms with van der Waals surface area (Å²) in [5.74, 6) is 0.709. The van der Waals surface area contributed by atoms with Crippen molar-refractivity contribution in [2.24, 2.45) is 4.99 Å². The van der Waals surface area contributed by atoms with Crippen LogP contribution in [0.1, 0.15) is 38.2 Å². The van der Waals surface area contributed by atoms with Crippen molar-refractivity contribution in [3.63, 3.8) is 0 Å². The third-order valence-corrected chi connectivity index (χ3v) is 5.12. The highest BCUT2D eigenvalue weighted by Gasteiger charge is 2.19. The van der Waals surface area contributed by atoms with Gasteiger partial charge in [0.05, 0.1) is 0 Å². The number of aliphatic imine (C=N–C) groups is 1. The van der Waals surface area contributed by atoms with Crippen molar-refractivity contribution in [2.75, 3.05) is 33.2 Å². The molecule has 0 aromatic heterocycles. The van der Waals surface area contributed by atoms with E-state index in [9.17, 15) is 4.39 Å². The SMILES string of the molecule is CCCN1CCC(NC(=NC)NCCCc2ccc(Br)cc2F)CC1.I. The second kappa shape index (κ2) is 12.9. The van der Waals surface area contributed by atoms with E-state index in [0.29, 0.717) is 6.04 Å². The predicted molar refractivity (Wildman–Crippen MR) is 122 cm³/mol. The summed E-state index contributed by atoms with van der Waals surface area (Å²) in [7, 11) is 1.80. The van der Waals surface area contributed by atoms with Crippen LogP contribution in [0.25, 0.3) is 0 Å². The minimum absolute atomic E-state index is 0. The molecule has 1 fully saturated rings. The number of halogens is 3. The Kier molecular flexibility index (Phi) is 11.7. The van der Waals surface area contributed by atoms with Gasteiger partial charge in [-0.1, -0.05) is 28.9 Å². The molecule has 0 unspecified atom stereocenters. The van der Waals surface area contributed by atoms with Crippen LogP contribution < -0.4 is 10.6 Å². The molecule has 0 aliphatic carbocycles. The minimum atomic E-state index is -0.143. The first-order valence-electron chi connectivity index (χ1n) is 9.25. The Bertz CT molecular complexity index is 562. The van der Waals surface area contributed by atoms with E-state index in [4.69, 9.17) is 0 Å². The van der Waals surface area contributed by atoms with Crippen LogP contribution in [0.15, 0.2) is 27.7 Å². The molecule has 1 saturated heterocycles. The lowest BCUT2D eigenvalue weighted by atomic mass is 10.1. The van der Waals surface area contributed by atoms with E-state index in [1.807, 2.05) is 12.1 Å². The molecule has 1 aromatic carbocycles. The number of nitrogens with zero attached hydrogens (tertiary/aromatic N) is 2. The Balaban J connectivity index is 0.00000338. The van der Waals surface area contributed by atoms with Gasteiger partial charge in [-0.25, -0.2) is 4.39 Å². The molecule has 0 saturated carbocycles. The van der Waals surface area contributed by atoms with Gasteiger partial charge in [-0.05, 0) is 56.3 Å². The molecular weight excluding hydrogens is 510 g/mol. The summed E-state index contributed by atoms with van der Waals surface area (Å²) in [6, 6.07) is 5.74. The van der Waals surface area contributed by atoms with Crippen LogP contribution in [0.5, 0.6) is 0 Å². The molecule has 148 valence electrons. The number of benzene rings is 1. The van der Waals surface area contributed by atoms with Gasteiger partial charge in [0.2, 0.25) is 0 Å². The lowest BCUT2D eigenvalue weighted by Gasteiger charge is -2.32. The van der Waals surface area contributed by atoms with Crippen molar-refractivity contribution in [2.45, 2.75) is 45.1 Å². The third kappa shape index (κ3) is 8.08. The first-order chi connectivity index (χ1) is 12.1. The van der Waals surface area contributed by atoms with Crippen LogP contribution in [0, 0.1) is 5.82 Å². The molecule has 26 heavy (non-hydrogen) atoms. The molecule has 1 aromatic rings. The van der Waals surface area contributed by atoms with Gasteiger partial charge < -0.3 is 15.5 Å². The number of hydrogen-bond donors (Lipinski definition) is 2. The average Bonchev–Trinajstić information content (AvgIpc) is 2.61. The molecule has 0 amide bonds. The summed E-state index contributed by atoms with van der Waals surface area (Å²) in [6.45, 7) is 6.53. The highest BCUT2D eigenvalue weighted by molar-refractivity contribution is 14.0. The van der Waals surface area contributed by atoms with Crippen molar-refractivity contribution in [1.29, 1.82) is 0 Å². The zero-order valence-electron chi connectivity index (χ0n) is 15.7. The van der Waals surface area contributed by atoms with Gasteiger partial charge >= 0.3 is 0 Å². The molecule has 4 nitrogen and oxygen atoms in total. The van der Waals surface area contributed by atoms with E-state index in [1.54, 1.807) is 7.05 Å². The first kappa shape index (κ1) is 23.6. The predicted octanol–water partition coefficient (Wildman–Crippen LogP) is 4.18. The van der Waals surface area contributed by atoms with Gasteiger partial charge in [-0.2, -0.15) is 0 Å². The Morgan fingerprint density at radius 1 is 1.35 bits per heavy atom. The quantitative estimate of drug-likeness (QED) is 0.236. The van der Waals surface area contributed by atoms with E-state index in [-0.39, 0.29) is 29.8 Å². The van der Waals surface area contributed by atoms with Crippen LogP contribution in [-0.2, 0) is 6.42 Å². The van der Waals surface area contributed by atoms with Gasteiger partial charge in [0, 0.05) is 37.2 Å². The Hall–Kier alpha value is -0.410. The molecule has 2 N–H and O–H groups in total. The van der Waals surface area contributed by atoms with Crippen LogP contribution >= 0.6 is 39.9 Å². The van der Waals surface area contributed by atoms with Crippen molar-refractivity contribution < 1.29 is 4.39 Å². The molecule has 7 heteroatoms. The maximum absolute atomic E-state index is 13.8. The van der Waals surface area contributed by atoms with Gasteiger partial charge in [0.1, 0.15) is 5.82 Å². The largest absolute Gasteiger partial charge is 0.356 e. The highest BCUT2D eigenvalue weighted by atomic mass is 127. The van der Waals surface area contributed by atoms with Crippen LogP contribution in [0.3, 0.4) is 0 Å². The molecule has 0 atom stereocenters. The van der Waals surface area contributed by atoms with E-state index >= 15 is 0 Å². The third-order valence-electron chi connectivity index (χ3n) is 4.62. The van der Waals surface area contributed by atoms with E-state index in [2.05, 4.69) is 43.4 Å². The van der Waals surface area contributed by atoms with Gasteiger partial charge in [-0.3, -0.25) is 4.99 Å². The Labute approximate surface area is 182 Å². The van der Waals surface area contributed by atoms with Crippen molar-refractivity contribution in [3.05, 3.63) is 34.1 Å². The van der Waals surface area contributed by atoms with Crippen molar-refractivity contribution in [3.8, 4) is 0 Å². The number of nitrogens with one attached hydrogen (secondary N) is 2. The maximum atomic E-state index is 13.8. The normalized spacial score (nSPS) is 16.2. The highest BCUT2D eigenvalue weighted by Crippen LogP contribution is 2.16. The summed E-state index contributed by atoms with van der Waals surface area (Å²) in [5, 5.41) is 6.87. The number of rotatable bonds is 7. The van der Waals surface area contributed by atoms with Gasteiger partial charge in [0.25, 0.3) is 0 Å². The fraction of sp³-hybridized carbons (Fsp3) is 0.632. The monoisotopic (exact) mass is 540 g/mol. The van der Waals surface area contributed by atoms with Gasteiger partial charge in [-0.15, -0.1) is 24.0 Å². The summed E-state index contributed by atoms with van der Waals surface area (Å²) in [6.07, 6.45) is 5.13. The molecule has 1 aliphatic rings. The lowest BCUT2D eigenvalue weighted by molar-refractivity contribution is 0.206. The smallest absolute Gasteiger partial charge is 0.191 e. The minimum Gasteiger partial charge on any atom is -0.356 e. The molecule has 0 radical (unpaired) electrons. The van der Waals surface area contributed by atoms with Gasteiger partial charge in [0.15, 0.2) is 5.96 Å². The average molecular weight is 541 g/mol. The summed E-state index contributed by atoms with van der Waals surface area (Å²) in [4.78, 5) is 6.84. The maximum Gasteiger partial charge on any atom is 0.191 e. The zero-order chi connectivity index (χ0) is 18.1. The Morgan fingerprint density at radius 2 is 2.08 bits per heavy atom. The van der Waals surface area contributed by atoms with Crippen LogP contribution in [0.2, 0.25) is 0 Å². The van der Waals surface area contributed by atoms with Crippen LogP contribution in [0.4, 0.5) is 4.39 Å². The fourth-order valence-corrected chi connectivity index (χ4v) is 3.55. The number of piperidine rings is 1. The Morgan fingerprint density at radius 3 is 2.69 bits per heavy atom. The summed E-state index contributed by atoms with van der Waals surface area (Å²) < 4.78 is 14.6. The fourth-order valence-electron chi connectivity index (χ4n) is 3.22. The molecule has 2 rings (SSSR count). The number of hydrogen-bond acceptors (Lipinski definition) is 2. The molecule has 0 spiro atoms. The van der Waals surface area contributed by atoms with E-state index < -0.39 is 0 Å².